The van der Waals surface area contributed by atoms with E-state index in [1.54, 1.807) is 6.20 Å². The third-order valence-corrected chi connectivity index (χ3v) is 4.01. The van der Waals surface area contributed by atoms with E-state index in [1.807, 2.05) is 19.2 Å². The van der Waals surface area contributed by atoms with Gasteiger partial charge < -0.3 is 11.1 Å². The molecule has 0 saturated heterocycles. The van der Waals surface area contributed by atoms with E-state index in [0.29, 0.717) is 23.4 Å². The van der Waals surface area contributed by atoms with E-state index in [-0.39, 0.29) is 17.3 Å². The van der Waals surface area contributed by atoms with Crippen LogP contribution in [0.15, 0.2) is 17.3 Å². The third kappa shape index (κ3) is 5.20. The Morgan fingerprint density at radius 1 is 1.44 bits per heavy atom. The van der Waals surface area contributed by atoms with Crippen molar-refractivity contribution in [3.05, 3.63) is 17.8 Å². The average molecular weight is 342 g/mol. The fourth-order valence-corrected chi connectivity index (χ4v) is 2.53. The van der Waals surface area contributed by atoms with Gasteiger partial charge in [-0.3, -0.25) is 9.78 Å². The molecule has 7 nitrogen and oxygen atoms in total. The Morgan fingerprint density at radius 3 is 2.88 bits per heavy atom. The van der Waals surface area contributed by atoms with Gasteiger partial charge in [0.1, 0.15) is 5.52 Å². The summed E-state index contributed by atoms with van der Waals surface area (Å²) in [5.74, 6) is 0.571. The molecule has 0 saturated carbocycles. The van der Waals surface area contributed by atoms with Crippen LogP contribution in [0.5, 0.6) is 0 Å². The van der Waals surface area contributed by atoms with Crippen LogP contribution in [-0.4, -0.2) is 33.6 Å². The van der Waals surface area contributed by atoms with Crippen molar-refractivity contribution in [1.29, 1.82) is 0 Å². The summed E-state index contributed by atoms with van der Waals surface area (Å²) < 4.78 is 0. The van der Waals surface area contributed by atoms with Crippen molar-refractivity contribution in [2.45, 2.75) is 47.0 Å². The predicted molar refractivity (Wildman–Crippen MR) is 101 cm³/mol. The van der Waals surface area contributed by atoms with Crippen molar-refractivity contribution in [3.63, 3.8) is 0 Å². The van der Waals surface area contributed by atoms with Gasteiger partial charge in [0.05, 0.1) is 5.52 Å². The molecule has 0 fully saturated rings. The third-order valence-electron chi connectivity index (χ3n) is 4.01. The number of fused-ring (bicyclic) bond motifs is 1. The second-order valence-electron chi connectivity index (χ2n) is 6.71. The maximum absolute atomic E-state index is 11.3. The van der Waals surface area contributed by atoms with Crippen molar-refractivity contribution < 1.29 is 4.79 Å². The summed E-state index contributed by atoms with van der Waals surface area (Å²) >= 11 is 0. The molecule has 0 bridgehead atoms. The Hall–Kier alpha value is -2.57. The monoisotopic (exact) mass is 342 g/mol. The maximum Gasteiger partial charge on any atom is 0.222 e. The van der Waals surface area contributed by atoms with E-state index in [4.69, 9.17) is 5.73 Å². The summed E-state index contributed by atoms with van der Waals surface area (Å²) in [5, 5.41) is 2.88. The van der Waals surface area contributed by atoms with Crippen LogP contribution in [0.25, 0.3) is 11.0 Å². The van der Waals surface area contributed by atoms with Gasteiger partial charge in [0, 0.05) is 31.3 Å². The van der Waals surface area contributed by atoms with E-state index in [2.05, 4.69) is 39.1 Å². The molecular formula is C18H26N6O. The number of aliphatic imine (C=N–C) groups is 1. The lowest BCUT2D eigenvalue weighted by molar-refractivity contribution is -0.119. The molecule has 2 aromatic heterocycles. The van der Waals surface area contributed by atoms with Crippen LogP contribution in [0.4, 0.5) is 11.8 Å². The molecular weight excluding hydrogens is 316 g/mol. The van der Waals surface area contributed by atoms with Crippen molar-refractivity contribution >= 4 is 34.9 Å². The lowest BCUT2D eigenvalue weighted by atomic mass is 9.86. The van der Waals surface area contributed by atoms with E-state index in [0.717, 1.165) is 24.8 Å². The highest BCUT2D eigenvalue weighted by Crippen LogP contribution is 2.26. The molecule has 3 N–H and O–H groups in total. The molecule has 0 aromatic carbocycles. The molecule has 2 rings (SSSR count). The number of hydrogen-bond acceptors (Lipinski definition) is 6. The first-order valence-corrected chi connectivity index (χ1v) is 8.52. The molecule has 0 aliphatic rings. The van der Waals surface area contributed by atoms with Crippen LogP contribution >= 0.6 is 0 Å². The number of anilines is 1. The number of aromatic nitrogens is 3. The van der Waals surface area contributed by atoms with E-state index >= 15 is 0 Å². The van der Waals surface area contributed by atoms with E-state index < -0.39 is 0 Å². The second-order valence-corrected chi connectivity index (χ2v) is 6.71. The zero-order valence-electron chi connectivity index (χ0n) is 15.3. The van der Waals surface area contributed by atoms with Crippen molar-refractivity contribution in [1.82, 2.24) is 20.3 Å². The van der Waals surface area contributed by atoms with Crippen LogP contribution in [0.2, 0.25) is 0 Å². The van der Waals surface area contributed by atoms with Gasteiger partial charge in [-0.2, -0.15) is 4.98 Å². The summed E-state index contributed by atoms with van der Waals surface area (Å²) in [6.45, 7) is 8.20. The number of nitrogens with one attached hydrogen (secondary N) is 1. The summed E-state index contributed by atoms with van der Waals surface area (Å²) in [6.07, 6.45) is 6.65. The number of pyridine rings is 1. The van der Waals surface area contributed by atoms with E-state index in [1.165, 1.54) is 6.92 Å². The number of carbonyl (C=O) groups is 1. The number of unbranched alkanes of at least 4 members (excludes halogenated alkanes) is 1. The van der Waals surface area contributed by atoms with Gasteiger partial charge in [-0.05, 0) is 25.0 Å². The zero-order chi connectivity index (χ0) is 18.4. The summed E-state index contributed by atoms with van der Waals surface area (Å²) in [7, 11) is 0. The number of rotatable bonds is 7. The SMILES string of the molecule is CCCC[C@@](C)(C=Nc1nc(N)nc2cc(C)cnc12)CNC(C)=O. The smallest absolute Gasteiger partial charge is 0.222 e. The highest BCUT2D eigenvalue weighted by Gasteiger charge is 2.22. The Labute approximate surface area is 148 Å². The fourth-order valence-electron chi connectivity index (χ4n) is 2.53. The van der Waals surface area contributed by atoms with Gasteiger partial charge in [0.2, 0.25) is 11.9 Å². The minimum absolute atomic E-state index is 0.0509. The molecule has 2 heterocycles. The van der Waals surface area contributed by atoms with Gasteiger partial charge >= 0.3 is 0 Å². The summed E-state index contributed by atoms with van der Waals surface area (Å²) in [6, 6.07) is 1.91. The molecule has 134 valence electrons. The molecule has 0 aliphatic carbocycles. The lowest BCUT2D eigenvalue weighted by Gasteiger charge is -2.25. The number of aryl methyl sites for hydroxylation is 1. The molecule has 2 aromatic rings. The average Bonchev–Trinajstić information content (AvgIpc) is 2.56. The second kappa shape index (κ2) is 8.00. The van der Waals surface area contributed by atoms with Crippen LogP contribution in [0.1, 0.15) is 45.6 Å². The number of nitrogen functional groups attached to an aromatic ring is 1. The number of hydrogen-bond donors (Lipinski definition) is 2. The molecule has 1 atom stereocenters. The molecule has 0 spiro atoms. The van der Waals surface area contributed by atoms with Crippen molar-refractivity contribution in [2.24, 2.45) is 10.4 Å². The quantitative estimate of drug-likeness (QED) is 0.752. The standard InChI is InChI=1S/C18H26N6O/c1-5-6-7-18(4,10-21-13(3)25)11-22-16-15-14(23-17(19)24-16)8-12(2)9-20-15/h8-9,11H,5-7,10H2,1-4H3,(H,21,25)(H2,19,23,24)/t18-/m1/s1. The molecule has 0 aliphatic heterocycles. The molecule has 1 amide bonds. The number of nitrogens with zero attached hydrogens (tertiary/aromatic N) is 4. The first-order chi connectivity index (χ1) is 11.8. The first-order valence-electron chi connectivity index (χ1n) is 8.52. The Morgan fingerprint density at radius 2 is 2.20 bits per heavy atom. The van der Waals surface area contributed by atoms with Gasteiger partial charge in [-0.1, -0.05) is 26.7 Å². The topological polar surface area (TPSA) is 106 Å². The Balaban J connectivity index is 2.36. The molecule has 7 heteroatoms. The molecule has 25 heavy (non-hydrogen) atoms. The Kier molecular flexibility index (Phi) is 6.01. The maximum atomic E-state index is 11.3. The first kappa shape index (κ1) is 18.8. The van der Waals surface area contributed by atoms with Gasteiger partial charge in [0.15, 0.2) is 5.82 Å². The van der Waals surface area contributed by atoms with Gasteiger partial charge in [-0.15, -0.1) is 0 Å². The fraction of sp³-hybridized carbons (Fsp3) is 0.500. The minimum Gasteiger partial charge on any atom is -0.368 e. The van der Waals surface area contributed by atoms with Crippen molar-refractivity contribution in [3.8, 4) is 0 Å². The minimum atomic E-state index is -0.265. The number of amides is 1. The lowest BCUT2D eigenvalue weighted by Crippen LogP contribution is -2.35. The predicted octanol–water partition coefficient (Wildman–Crippen LogP) is 2.95. The van der Waals surface area contributed by atoms with Crippen LogP contribution in [0.3, 0.4) is 0 Å². The highest BCUT2D eigenvalue weighted by molar-refractivity contribution is 5.87. The van der Waals surface area contributed by atoms with Gasteiger partial charge in [-0.25, -0.2) is 9.98 Å². The van der Waals surface area contributed by atoms with Gasteiger partial charge in [0.25, 0.3) is 0 Å². The zero-order valence-corrected chi connectivity index (χ0v) is 15.3. The van der Waals surface area contributed by atoms with Crippen LogP contribution < -0.4 is 11.1 Å². The van der Waals surface area contributed by atoms with Crippen molar-refractivity contribution in [2.75, 3.05) is 12.3 Å². The van der Waals surface area contributed by atoms with Crippen LogP contribution in [0, 0.1) is 12.3 Å². The Bertz CT molecular complexity index is 783. The normalized spacial score (nSPS) is 13.9. The number of nitrogens with two attached hydrogens (primary N) is 1. The molecule has 0 radical (unpaired) electrons. The van der Waals surface area contributed by atoms with Crippen LogP contribution in [-0.2, 0) is 4.79 Å². The number of carbonyl (C=O) groups excluding carboxylic acids is 1. The largest absolute Gasteiger partial charge is 0.368 e. The van der Waals surface area contributed by atoms with E-state index in [9.17, 15) is 4.79 Å². The summed E-state index contributed by atoms with van der Waals surface area (Å²) in [4.78, 5) is 28.7. The highest BCUT2D eigenvalue weighted by atomic mass is 16.1. The summed E-state index contributed by atoms with van der Waals surface area (Å²) in [5.41, 5.74) is 7.84. The molecule has 0 unspecified atom stereocenters.